The molecule has 0 saturated carbocycles. The van der Waals surface area contributed by atoms with E-state index in [1.54, 1.807) is 29.4 Å². The van der Waals surface area contributed by atoms with E-state index in [-0.39, 0.29) is 16.7 Å². The highest BCUT2D eigenvalue weighted by Crippen LogP contribution is 2.30. The summed E-state index contributed by atoms with van der Waals surface area (Å²) in [7, 11) is -3.52. The van der Waals surface area contributed by atoms with E-state index in [1.165, 1.54) is 6.07 Å². The van der Waals surface area contributed by atoms with Crippen molar-refractivity contribution < 1.29 is 13.2 Å². The van der Waals surface area contributed by atoms with Crippen LogP contribution >= 0.6 is 0 Å². The van der Waals surface area contributed by atoms with Crippen LogP contribution in [0, 0.1) is 5.92 Å². The summed E-state index contributed by atoms with van der Waals surface area (Å²) in [6.45, 7) is 6.45. The van der Waals surface area contributed by atoms with Crippen LogP contribution in [-0.4, -0.2) is 31.1 Å². The van der Waals surface area contributed by atoms with Crippen molar-refractivity contribution in [2.75, 3.05) is 6.54 Å². The third-order valence-electron chi connectivity index (χ3n) is 4.10. The van der Waals surface area contributed by atoms with Gasteiger partial charge in [-0.05, 0) is 30.9 Å². The number of nitrogens with zero attached hydrogens (tertiary/aromatic N) is 1. The quantitative estimate of drug-likeness (QED) is 0.785. The monoisotopic (exact) mass is 309 g/mol. The fraction of sp³-hybridized carbons (Fsp3) is 0.562. The summed E-state index contributed by atoms with van der Waals surface area (Å²) in [5.74, 6) is 0.261. The first-order valence-corrected chi connectivity index (χ1v) is 8.97. The molecule has 21 heavy (non-hydrogen) atoms. The van der Waals surface area contributed by atoms with E-state index in [0.717, 1.165) is 12.8 Å². The molecule has 4 nitrogen and oxygen atoms in total. The Balaban J connectivity index is 2.38. The first kappa shape index (κ1) is 16.2. The maximum atomic E-state index is 12.8. The molecule has 1 aliphatic heterocycles. The Morgan fingerprint density at radius 1 is 1.38 bits per heavy atom. The zero-order valence-electron chi connectivity index (χ0n) is 12.9. The third kappa shape index (κ3) is 3.19. The maximum absolute atomic E-state index is 12.8. The molecule has 1 aromatic rings. The van der Waals surface area contributed by atoms with Crippen LogP contribution in [0.15, 0.2) is 29.2 Å². The largest absolute Gasteiger partial charge is 0.294 e. The third-order valence-corrected chi connectivity index (χ3v) is 6.02. The SMILES string of the molecule is CCC(=O)c1cccc(S(=O)(=O)N2CCCC2C(C)C)c1. The summed E-state index contributed by atoms with van der Waals surface area (Å²) in [4.78, 5) is 12.0. The number of sulfonamides is 1. The molecule has 1 unspecified atom stereocenters. The van der Waals surface area contributed by atoms with Gasteiger partial charge in [0.25, 0.3) is 0 Å². The van der Waals surface area contributed by atoms with Crippen LogP contribution in [-0.2, 0) is 10.0 Å². The number of rotatable bonds is 5. The Hall–Kier alpha value is -1.20. The van der Waals surface area contributed by atoms with Gasteiger partial charge in [0.05, 0.1) is 4.90 Å². The molecule has 0 N–H and O–H groups in total. The van der Waals surface area contributed by atoms with Gasteiger partial charge >= 0.3 is 0 Å². The molecule has 1 atom stereocenters. The molecule has 1 fully saturated rings. The van der Waals surface area contributed by atoms with E-state index in [4.69, 9.17) is 0 Å². The lowest BCUT2D eigenvalue weighted by Gasteiger charge is -2.27. The number of carbonyl (C=O) groups excluding carboxylic acids is 1. The van der Waals surface area contributed by atoms with Gasteiger partial charge in [-0.15, -0.1) is 0 Å². The molecule has 1 aliphatic rings. The van der Waals surface area contributed by atoms with Gasteiger partial charge in [-0.3, -0.25) is 4.79 Å². The molecule has 0 aromatic heterocycles. The average molecular weight is 309 g/mol. The Bertz CT molecular complexity index is 622. The predicted molar refractivity (Wildman–Crippen MR) is 82.8 cm³/mol. The fourth-order valence-electron chi connectivity index (χ4n) is 2.90. The summed E-state index contributed by atoms with van der Waals surface area (Å²) in [5.41, 5.74) is 0.471. The second-order valence-corrected chi connectivity index (χ2v) is 7.76. The van der Waals surface area contributed by atoms with Crippen LogP contribution in [0.25, 0.3) is 0 Å². The van der Waals surface area contributed by atoms with E-state index in [1.807, 2.05) is 0 Å². The highest BCUT2D eigenvalue weighted by Gasteiger charge is 2.36. The van der Waals surface area contributed by atoms with Gasteiger partial charge in [0, 0.05) is 24.6 Å². The predicted octanol–water partition coefficient (Wildman–Crippen LogP) is 3.09. The van der Waals surface area contributed by atoms with Gasteiger partial charge in [-0.25, -0.2) is 8.42 Å². The molecule has 0 amide bonds. The number of hydrogen-bond acceptors (Lipinski definition) is 3. The molecule has 1 saturated heterocycles. The Morgan fingerprint density at radius 2 is 2.10 bits per heavy atom. The first-order chi connectivity index (χ1) is 9.87. The van der Waals surface area contributed by atoms with E-state index in [0.29, 0.717) is 24.4 Å². The second-order valence-electron chi connectivity index (χ2n) is 5.87. The number of hydrogen-bond donors (Lipinski definition) is 0. The lowest BCUT2D eigenvalue weighted by Crippen LogP contribution is -2.38. The van der Waals surface area contributed by atoms with Crippen LogP contribution < -0.4 is 0 Å². The maximum Gasteiger partial charge on any atom is 0.243 e. The minimum absolute atomic E-state index is 0.0334. The average Bonchev–Trinajstić information content (AvgIpc) is 2.97. The summed E-state index contributed by atoms with van der Waals surface area (Å²) >= 11 is 0. The highest BCUT2D eigenvalue weighted by molar-refractivity contribution is 7.89. The van der Waals surface area contributed by atoms with E-state index < -0.39 is 10.0 Å². The summed E-state index contributed by atoms with van der Waals surface area (Å²) < 4.78 is 27.3. The number of carbonyl (C=O) groups is 1. The van der Waals surface area contributed by atoms with Crippen LogP contribution in [0.5, 0.6) is 0 Å². The normalized spacial score (nSPS) is 20.1. The van der Waals surface area contributed by atoms with Crippen LogP contribution in [0.4, 0.5) is 0 Å². The van der Waals surface area contributed by atoms with Crippen molar-refractivity contribution in [3.63, 3.8) is 0 Å². The molecule has 0 bridgehead atoms. The van der Waals surface area contributed by atoms with Gasteiger partial charge < -0.3 is 0 Å². The van der Waals surface area contributed by atoms with Crippen molar-refractivity contribution in [3.8, 4) is 0 Å². The fourth-order valence-corrected chi connectivity index (χ4v) is 4.77. The number of benzene rings is 1. The van der Waals surface area contributed by atoms with Crippen molar-refractivity contribution in [1.82, 2.24) is 4.31 Å². The highest BCUT2D eigenvalue weighted by atomic mass is 32.2. The lowest BCUT2D eigenvalue weighted by molar-refractivity contribution is 0.0988. The van der Waals surface area contributed by atoms with Crippen molar-refractivity contribution in [1.29, 1.82) is 0 Å². The molecule has 0 aliphatic carbocycles. The zero-order chi connectivity index (χ0) is 15.6. The minimum atomic E-state index is -3.52. The van der Waals surface area contributed by atoms with E-state index in [9.17, 15) is 13.2 Å². The Kier molecular flexibility index (Phi) is 4.84. The van der Waals surface area contributed by atoms with E-state index in [2.05, 4.69) is 13.8 Å². The van der Waals surface area contributed by atoms with Gasteiger partial charge in [-0.1, -0.05) is 32.9 Å². The van der Waals surface area contributed by atoms with Crippen LogP contribution in [0.2, 0.25) is 0 Å². The molecule has 5 heteroatoms. The number of Topliss-reactive ketones (excluding diaryl/α,β-unsaturated/α-hetero) is 1. The summed E-state index contributed by atoms with van der Waals surface area (Å²) in [6, 6.07) is 6.47. The number of ketones is 1. The molecular weight excluding hydrogens is 286 g/mol. The molecule has 0 radical (unpaired) electrons. The van der Waals surface area contributed by atoms with Crippen LogP contribution in [0.1, 0.15) is 50.4 Å². The molecule has 116 valence electrons. The Labute approximate surface area is 127 Å². The van der Waals surface area contributed by atoms with Gasteiger partial charge in [0.2, 0.25) is 10.0 Å². The van der Waals surface area contributed by atoms with Crippen molar-refractivity contribution in [2.45, 2.75) is 51.0 Å². The smallest absolute Gasteiger partial charge is 0.243 e. The minimum Gasteiger partial charge on any atom is -0.294 e. The topological polar surface area (TPSA) is 54.5 Å². The standard InChI is InChI=1S/C16H23NO3S/c1-4-16(18)13-7-5-8-14(11-13)21(19,20)17-10-6-9-15(17)12(2)3/h5,7-8,11-12,15H,4,6,9-10H2,1-3H3. The summed E-state index contributed by atoms with van der Waals surface area (Å²) in [5, 5.41) is 0. The molecule has 1 heterocycles. The van der Waals surface area contributed by atoms with Crippen molar-refractivity contribution in [2.24, 2.45) is 5.92 Å². The molecule has 0 spiro atoms. The molecular formula is C16H23NO3S. The first-order valence-electron chi connectivity index (χ1n) is 7.53. The second kappa shape index (κ2) is 6.28. The van der Waals surface area contributed by atoms with Gasteiger partial charge in [0.15, 0.2) is 5.78 Å². The lowest BCUT2D eigenvalue weighted by atomic mass is 10.0. The van der Waals surface area contributed by atoms with E-state index >= 15 is 0 Å². The van der Waals surface area contributed by atoms with Crippen LogP contribution in [0.3, 0.4) is 0 Å². The van der Waals surface area contributed by atoms with Crippen molar-refractivity contribution >= 4 is 15.8 Å². The van der Waals surface area contributed by atoms with Crippen molar-refractivity contribution in [3.05, 3.63) is 29.8 Å². The van der Waals surface area contributed by atoms with Gasteiger partial charge in [0.1, 0.15) is 0 Å². The van der Waals surface area contributed by atoms with Gasteiger partial charge in [-0.2, -0.15) is 4.31 Å². The molecule has 1 aromatic carbocycles. The molecule has 2 rings (SSSR count). The Morgan fingerprint density at radius 3 is 2.71 bits per heavy atom. The zero-order valence-corrected chi connectivity index (χ0v) is 13.7. The summed E-state index contributed by atoms with van der Waals surface area (Å²) in [6.07, 6.45) is 2.18.